The summed E-state index contributed by atoms with van der Waals surface area (Å²) in [5.74, 6) is 0. The standard InChI is InChI=1S/C56H38N2/c1-3-13-41(14-4-1)55-48-18-7-9-20-50(48)56(51-21-10-8-19-49(51)55)42-25-23-38(24-26-42)39-27-32-45(33-28-39)58(44-15-5-2-6-16-44)46-34-29-40(30-35-46)43-31-36-54-52(37-43)47-17-11-12-22-53(47)57-54/h1-37,57H. The molecule has 0 fully saturated rings. The number of H-pyrrole nitrogens is 1. The Bertz CT molecular complexity index is 3180. The molecule has 2 heteroatoms. The van der Waals surface area contributed by atoms with Crippen molar-refractivity contribution in [3.05, 3.63) is 224 Å². The fraction of sp³-hybridized carbons (Fsp3) is 0. The monoisotopic (exact) mass is 738 g/mol. The fourth-order valence-corrected chi connectivity index (χ4v) is 8.84. The minimum Gasteiger partial charge on any atom is -0.355 e. The number of aromatic nitrogens is 1. The van der Waals surface area contributed by atoms with Crippen molar-refractivity contribution in [1.29, 1.82) is 0 Å². The van der Waals surface area contributed by atoms with E-state index < -0.39 is 0 Å². The van der Waals surface area contributed by atoms with Gasteiger partial charge in [-0.2, -0.15) is 0 Å². The molecule has 0 amide bonds. The molecule has 0 saturated carbocycles. The Morgan fingerprint density at radius 3 is 1.16 bits per heavy atom. The van der Waals surface area contributed by atoms with Crippen LogP contribution < -0.4 is 4.90 Å². The molecule has 1 aromatic heterocycles. The fourth-order valence-electron chi connectivity index (χ4n) is 8.84. The quantitative estimate of drug-likeness (QED) is 0.161. The van der Waals surface area contributed by atoms with Gasteiger partial charge in [-0.15, -0.1) is 0 Å². The Balaban J connectivity index is 0.923. The van der Waals surface area contributed by atoms with Crippen molar-refractivity contribution >= 4 is 60.4 Å². The summed E-state index contributed by atoms with van der Waals surface area (Å²) in [5, 5.41) is 7.57. The molecule has 0 unspecified atom stereocenters. The number of para-hydroxylation sites is 2. The molecule has 1 N–H and O–H groups in total. The topological polar surface area (TPSA) is 19.0 Å². The van der Waals surface area contributed by atoms with Crippen molar-refractivity contribution in [1.82, 2.24) is 4.98 Å². The first kappa shape index (κ1) is 33.6. The van der Waals surface area contributed by atoms with Crippen LogP contribution >= 0.6 is 0 Å². The highest BCUT2D eigenvalue weighted by Gasteiger charge is 2.17. The second-order valence-corrected chi connectivity index (χ2v) is 15.0. The van der Waals surface area contributed by atoms with Crippen LogP contribution in [0.3, 0.4) is 0 Å². The maximum Gasteiger partial charge on any atom is 0.0465 e. The maximum atomic E-state index is 3.55. The van der Waals surface area contributed by atoms with Crippen LogP contribution in [-0.4, -0.2) is 4.98 Å². The lowest BCUT2D eigenvalue weighted by Gasteiger charge is -2.26. The third kappa shape index (κ3) is 5.82. The van der Waals surface area contributed by atoms with Gasteiger partial charge in [-0.05, 0) is 121 Å². The molecule has 0 aliphatic carbocycles. The summed E-state index contributed by atoms with van der Waals surface area (Å²) in [5.41, 5.74) is 15.4. The number of benzene rings is 10. The number of anilines is 3. The number of hydrogen-bond donors (Lipinski definition) is 1. The van der Waals surface area contributed by atoms with Crippen LogP contribution in [-0.2, 0) is 0 Å². The summed E-state index contributed by atoms with van der Waals surface area (Å²) in [6.07, 6.45) is 0. The first-order valence-corrected chi connectivity index (χ1v) is 19.9. The van der Waals surface area contributed by atoms with Gasteiger partial charge in [0.2, 0.25) is 0 Å². The van der Waals surface area contributed by atoms with Crippen molar-refractivity contribution in [3.8, 4) is 44.5 Å². The average molecular weight is 739 g/mol. The second-order valence-electron chi connectivity index (χ2n) is 15.0. The molecule has 11 rings (SSSR count). The molecule has 10 aromatic carbocycles. The van der Waals surface area contributed by atoms with Crippen LogP contribution in [0, 0.1) is 0 Å². The zero-order chi connectivity index (χ0) is 38.4. The van der Waals surface area contributed by atoms with E-state index in [-0.39, 0.29) is 0 Å². The predicted octanol–water partition coefficient (Wildman–Crippen LogP) is 15.8. The summed E-state index contributed by atoms with van der Waals surface area (Å²) in [4.78, 5) is 5.88. The van der Waals surface area contributed by atoms with Gasteiger partial charge in [0.15, 0.2) is 0 Å². The zero-order valence-corrected chi connectivity index (χ0v) is 31.8. The molecule has 0 aliphatic heterocycles. The van der Waals surface area contributed by atoms with Crippen LogP contribution in [0.4, 0.5) is 17.1 Å². The molecule has 11 aromatic rings. The molecule has 0 spiro atoms. The summed E-state index contributed by atoms with van der Waals surface area (Å²) < 4.78 is 0. The van der Waals surface area contributed by atoms with E-state index in [0.717, 1.165) is 22.6 Å². The second kappa shape index (κ2) is 14.1. The number of rotatable bonds is 7. The molecule has 2 nitrogen and oxygen atoms in total. The molecule has 1 heterocycles. The summed E-state index contributed by atoms with van der Waals surface area (Å²) in [6, 6.07) is 81.3. The molecule has 0 saturated heterocycles. The predicted molar refractivity (Wildman–Crippen MR) is 247 cm³/mol. The van der Waals surface area contributed by atoms with Gasteiger partial charge in [-0.25, -0.2) is 0 Å². The maximum absolute atomic E-state index is 3.55. The van der Waals surface area contributed by atoms with E-state index in [1.54, 1.807) is 0 Å². The lowest BCUT2D eigenvalue weighted by Crippen LogP contribution is -2.09. The van der Waals surface area contributed by atoms with Gasteiger partial charge in [0, 0.05) is 38.9 Å². The highest BCUT2D eigenvalue weighted by atomic mass is 15.1. The molecule has 58 heavy (non-hydrogen) atoms. The van der Waals surface area contributed by atoms with E-state index in [1.165, 1.54) is 82.3 Å². The number of nitrogens with one attached hydrogen (secondary N) is 1. The lowest BCUT2D eigenvalue weighted by molar-refractivity contribution is 1.28. The largest absolute Gasteiger partial charge is 0.355 e. The average Bonchev–Trinajstić information content (AvgIpc) is 3.68. The number of fused-ring (bicyclic) bond motifs is 5. The molecule has 0 radical (unpaired) electrons. The summed E-state index contributed by atoms with van der Waals surface area (Å²) in [6.45, 7) is 0. The van der Waals surface area contributed by atoms with Crippen LogP contribution in [0.1, 0.15) is 0 Å². The third-order valence-electron chi connectivity index (χ3n) is 11.6. The minimum atomic E-state index is 1.11. The van der Waals surface area contributed by atoms with Crippen LogP contribution in [0.5, 0.6) is 0 Å². The Kier molecular flexibility index (Phi) is 8.19. The molecular weight excluding hydrogens is 701 g/mol. The molecule has 0 aliphatic rings. The zero-order valence-electron chi connectivity index (χ0n) is 31.8. The molecule has 272 valence electrons. The first-order valence-electron chi connectivity index (χ1n) is 19.9. The number of hydrogen-bond acceptors (Lipinski definition) is 1. The minimum absolute atomic E-state index is 1.11. The lowest BCUT2D eigenvalue weighted by atomic mass is 9.86. The Labute approximate surface area is 337 Å². The van der Waals surface area contributed by atoms with Crippen molar-refractivity contribution in [2.24, 2.45) is 0 Å². The van der Waals surface area contributed by atoms with Gasteiger partial charge in [-0.1, -0.05) is 170 Å². The van der Waals surface area contributed by atoms with Gasteiger partial charge in [-0.3, -0.25) is 0 Å². The van der Waals surface area contributed by atoms with E-state index in [0.29, 0.717) is 0 Å². The van der Waals surface area contributed by atoms with Gasteiger partial charge in [0.25, 0.3) is 0 Å². The SMILES string of the molecule is c1ccc(-c2c3ccccc3c(-c3ccc(-c4ccc(N(c5ccccc5)c5ccc(-c6ccc7[nH]c8ccccc8c7c6)cc5)cc4)cc3)c3ccccc23)cc1. The number of aromatic amines is 1. The highest BCUT2D eigenvalue weighted by molar-refractivity contribution is 6.21. The smallest absolute Gasteiger partial charge is 0.0465 e. The van der Waals surface area contributed by atoms with Gasteiger partial charge in [0.1, 0.15) is 0 Å². The Morgan fingerprint density at radius 1 is 0.241 bits per heavy atom. The first-order chi connectivity index (χ1) is 28.8. The van der Waals surface area contributed by atoms with E-state index >= 15 is 0 Å². The van der Waals surface area contributed by atoms with Crippen LogP contribution in [0.25, 0.3) is 87.9 Å². The summed E-state index contributed by atoms with van der Waals surface area (Å²) in [7, 11) is 0. The van der Waals surface area contributed by atoms with Crippen LogP contribution in [0.15, 0.2) is 224 Å². The third-order valence-corrected chi connectivity index (χ3v) is 11.6. The Hall–Kier alpha value is -7.68. The van der Waals surface area contributed by atoms with Crippen molar-refractivity contribution in [2.75, 3.05) is 4.90 Å². The van der Waals surface area contributed by atoms with E-state index in [1.807, 2.05) is 0 Å². The van der Waals surface area contributed by atoms with Crippen LogP contribution in [0.2, 0.25) is 0 Å². The van der Waals surface area contributed by atoms with Gasteiger partial charge in [0.05, 0.1) is 0 Å². The van der Waals surface area contributed by atoms with E-state index in [9.17, 15) is 0 Å². The van der Waals surface area contributed by atoms with E-state index in [2.05, 4.69) is 234 Å². The van der Waals surface area contributed by atoms with Gasteiger partial charge >= 0.3 is 0 Å². The van der Waals surface area contributed by atoms with Crippen molar-refractivity contribution in [3.63, 3.8) is 0 Å². The van der Waals surface area contributed by atoms with Gasteiger partial charge < -0.3 is 9.88 Å². The molecular formula is C56H38N2. The normalized spacial score (nSPS) is 11.4. The summed E-state index contributed by atoms with van der Waals surface area (Å²) >= 11 is 0. The Morgan fingerprint density at radius 2 is 0.603 bits per heavy atom. The van der Waals surface area contributed by atoms with Crippen molar-refractivity contribution in [2.45, 2.75) is 0 Å². The molecule has 0 bridgehead atoms. The molecule has 0 atom stereocenters. The van der Waals surface area contributed by atoms with Crippen molar-refractivity contribution < 1.29 is 0 Å². The highest BCUT2D eigenvalue weighted by Crippen LogP contribution is 2.44. The number of nitrogens with zero attached hydrogens (tertiary/aromatic N) is 1. The van der Waals surface area contributed by atoms with E-state index in [4.69, 9.17) is 0 Å².